The van der Waals surface area contributed by atoms with Crippen LogP contribution in [0.5, 0.6) is 5.75 Å². The van der Waals surface area contributed by atoms with Gasteiger partial charge >= 0.3 is 0 Å². The lowest BCUT2D eigenvalue weighted by Gasteiger charge is -2.18. The number of rotatable bonds is 6. The van der Waals surface area contributed by atoms with Gasteiger partial charge in [-0.3, -0.25) is 9.10 Å². The van der Waals surface area contributed by atoms with Gasteiger partial charge in [0.25, 0.3) is 5.91 Å². The minimum Gasteiger partial charge on any atom is -0.481 e. The Kier molecular flexibility index (Phi) is 5.46. The number of nitrogens with one attached hydrogen (secondary N) is 1. The minimum absolute atomic E-state index is 0.321. The van der Waals surface area contributed by atoms with E-state index in [9.17, 15) is 13.2 Å². The Balaban J connectivity index is 2.06. The number of benzene rings is 2. The van der Waals surface area contributed by atoms with Crippen LogP contribution in [0.15, 0.2) is 54.6 Å². The Labute approximate surface area is 142 Å². The van der Waals surface area contributed by atoms with Crippen molar-refractivity contribution in [2.24, 2.45) is 0 Å². The Bertz CT molecular complexity index is 806. The number of nitrogens with zero attached hydrogens (tertiary/aromatic N) is 1. The summed E-state index contributed by atoms with van der Waals surface area (Å²) in [7, 11) is -1.91. The Morgan fingerprint density at radius 2 is 1.79 bits per heavy atom. The van der Waals surface area contributed by atoms with E-state index in [-0.39, 0.29) is 5.91 Å². The summed E-state index contributed by atoms with van der Waals surface area (Å²) < 4.78 is 29.9. The standard InChI is InChI=1S/C17H20N2O4S/c1-13(23-16-10-5-4-6-11-16)17(20)18-14-8-7-9-15(12-14)19(2)24(3,21)22/h4-13H,1-3H3,(H,18,20)/t13-/m1/s1. The van der Waals surface area contributed by atoms with Gasteiger partial charge in [0.15, 0.2) is 6.10 Å². The molecule has 0 aliphatic rings. The molecule has 1 atom stereocenters. The molecular weight excluding hydrogens is 328 g/mol. The molecule has 0 aromatic heterocycles. The van der Waals surface area contributed by atoms with Crippen LogP contribution in [0.2, 0.25) is 0 Å². The van der Waals surface area contributed by atoms with E-state index < -0.39 is 16.1 Å². The summed E-state index contributed by atoms with van der Waals surface area (Å²) in [6.07, 6.45) is 0.428. The molecule has 1 amide bonds. The van der Waals surface area contributed by atoms with Crippen molar-refractivity contribution in [3.63, 3.8) is 0 Å². The SMILES string of the molecule is C[C@@H](Oc1ccccc1)C(=O)Nc1cccc(N(C)S(C)(=O)=O)c1. The van der Waals surface area contributed by atoms with Crippen LogP contribution in [0.3, 0.4) is 0 Å². The summed E-state index contributed by atoms with van der Waals surface area (Å²) in [5.41, 5.74) is 0.962. The second-order valence-corrected chi connectivity index (χ2v) is 7.36. The average Bonchev–Trinajstić information content (AvgIpc) is 2.54. The molecule has 0 aliphatic carbocycles. The smallest absolute Gasteiger partial charge is 0.265 e. The molecule has 0 saturated carbocycles. The van der Waals surface area contributed by atoms with Gasteiger partial charge in [0.1, 0.15) is 5.75 Å². The Morgan fingerprint density at radius 1 is 1.12 bits per heavy atom. The third kappa shape index (κ3) is 4.73. The van der Waals surface area contributed by atoms with E-state index in [4.69, 9.17) is 4.74 Å². The lowest BCUT2D eigenvalue weighted by Crippen LogP contribution is -2.30. The van der Waals surface area contributed by atoms with E-state index in [1.807, 2.05) is 18.2 Å². The number of carbonyl (C=O) groups is 1. The first-order valence-corrected chi connectivity index (χ1v) is 9.19. The second-order valence-electron chi connectivity index (χ2n) is 5.34. The normalized spacial score (nSPS) is 12.3. The zero-order chi connectivity index (χ0) is 17.7. The third-order valence-electron chi connectivity index (χ3n) is 3.40. The second kappa shape index (κ2) is 7.35. The monoisotopic (exact) mass is 348 g/mol. The maximum absolute atomic E-state index is 12.2. The first-order chi connectivity index (χ1) is 11.3. The van der Waals surface area contributed by atoms with Gasteiger partial charge in [-0.2, -0.15) is 0 Å². The fourth-order valence-electron chi connectivity index (χ4n) is 1.97. The first-order valence-electron chi connectivity index (χ1n) is 7.34. The van der Waals surface area contributed by atoms with Gasteiger partial charge in [0.05, 0.1) is 11.9 Å². The van der Waals surface area contributed by atoms with E-state index >= 15 is 0 Å². The summed E-state index contributed by atoms with van der Waals surface area (Å²) in [6, 6.07) is 15.7. The van der Waals surface area contributed by atoms with Crippen molar-refractivity contribution >= 4 is 27.3 Å². The molecule has 1 N–H and O–H groups in total. The molecule has 7 heteroatoms. The highest BCUT2D eigenvalue weighted by Crippen LogP contribution is 2.21. The van der Waals surface area contributed by atoms with Crippen LogP contribution in [0.25, 0.3) is 0 Å². The molecule has 0 spiro atoms. The van der Waals surface area contributed by atoms with Gasteiger partial charge < -0.3 is 10.1 Å². The van der Waals surface area contributed by atoms with Gasteiger partial charge in [-0.15, -0.1) is 0 Å². The van der Waals surface area contributed by atoms with Gasteiger partial charge in [-0.1, -0.05) is 24.3 Å². The molecule has 0 heterocycles. The Hall–Kier alpha value is -2.54. The van der Waals surface area contributed by atoms with Crippen LogP contribution in [0.4, 0.5) is 11.4 Å². The molecular formula is C17H20N2O4S. The quantitative estimate of drug-likeness (QED) is 0.870. The molecule has 6 nitrogen and oxygen atoms in total. The van der Waals surface area contributed by atoms with Crippen molar-refractivity contribution in [2.75, 3.05) is 22.9 Å². The number of ether oxygens (including phenoxy) is 1. The molecule has 0 saturated heterocycles. The number of carbonyl (C=O) groups excluding carboxylic acids is 1. The zero-order valence-corrected chi connectivity index (χ0v) is 14.6. The summed E-state index contributed by atoms with van der Waals surface area (Å²) in [4.78, 5) is 12.2. The van der Waals surface area contributed by atoms with Gasteiger partial charge in [0.2, 0.25) is 10.0 Å². The van der Waals surface area contributed by atoms with Gasteiger partial charge in [-0.25, -0.2) is 8.42 Å². The number of hydrogen-bond acceptors (Lipinski definition) is 4. The van der Waals surface area contributed by atoms with Crippen LogP contribution < -0.4 is 14.4 Å². The molecule has 0 bridgehead atoms. The fraction of sp³-hybridized carbons (Fsp3) is 0.235. The van der Waals surface area contributed by atoms with E-state index in [2.05, 4.69) is 5.32 Å². The Morgan fingerprint density at radius 3 is 2.42 bits per heavy atom. The van der Waals surface area contributed by atoms with Crippen LogP contribution in [-0.2, 0) is 14.8 Å². The molecule has 2 rings (SSSR count). The fourth-order valence-corrected chi connectivity index (χ4v) is 2.47. The molecule has 2 aromatic rings. The number of anilines is 2. The number of para-hydroxylation sites is 1. The average molecular weight is 348 g/mol. The lowest BCUT2D eigenvalue weighted by molar-refractivity contribution is -0.122. The van der Waals surface area contributed by atoms with Crippen molar-refractivity contribution in [3.8, 4) is 5.75 Å². The van der Waals surface area contributed by atoms with E-state index in [0.29, 0.717) is 17.1 Å². The summed E-state index contributed by atoms with van der Waals surface area (Å²) in [5, 5.41) is 2.72. The molecule has 0 fully saturated rings. The highest BCUT2D eigenvalue weighted by atomic mass is 32.2. The van der Waals surface area contributed by atoms with Crippen LogP contribution in [-0.4, -0.2) is 33.7 Å². The number of sulfonamides is 1. The number of hydrogen-bond donors (Lipinski definition) is 1. The van der Waals surface area contributed by atoms with E-state index in [1.54, 1.807) is 43.3 Å². The predicted octanol–water partition coefficient (Wildman–Crippen LogP) is 2.49. The van der Waals surface area contributed by atoms with Crippen molar-refractivity contribution in [3.05, 3.63) is 54.6 Å². The summed E-state index contributed by atoms with van der Waals surface area (Å²) in [5.74, 6) is 0.281. The maximum atomic E-state index is 12.2. The van der Waals surface area contributed by atoms with Gasteiger partial charge in [-0.05, 0) is 37.3 Å². The predicted molar refractivity (Wildman–Crippen MR) is 94.9 cm³/mol. The van der Waals surface area contributed by atoms with Gasteiger partial charge in [0, 0.05) is 12.7 Å². The van der Waals surface area contributed by atoms with E-state index in [0.717, 1.165) is 10.6 Å². The largest absolute Gasteiger partial charge is 0.481 e. The van der Waals surface area contributed by atoms with Crippen molar-refractivity contribution in [2.45, 2.75) is 13.0 Å². The molecule has 24 heavy (non-hydrogen) atoms. The minimum atomic E-state index is -3.36. The molecule has 0 unspecified atom stereocenters. The van der Waals surface area contributed by atoms with Crippen molar-refractivity contribution in [1.29, 1.82) is 0 Å². The molecule has 2 aromatic carbocycles. The number of amides is 1. The van der Waals surface area contributed by atoms with E-state index in [1.165, 1.54) is 7.05 Å². The zero-order valence-electron chi connectivity index (χ0n) is 13.8. The van der Waals surface area contributed by atoms with Crippen LogP contribution in [0, 0.1) is 0 Å². The summed E-state index contributed by atoms with van der Waals surface area (Å²) in [6.45, 7) is 1.65. The third-order valence-corrected chi connectivity index (χ3v) is 4.61. The lowest BCUT2D eigenvalue weighted by atomic mass is 10.2. The highest BCUT2D eigenvalue weighted by molar-refractivity contribution is 7.92. The molecule has 0 aliphatic heterocycles. The molecule has 128 valence electrons. The topological polar surface area (TPSA) is 75.7 Å². The van der Waals surface area contributed by atoms with Crippen LogP contribution in [0.1, 0.15) is 6.92 Å². The molecule has 0 radical (unpaired) electrons. The maximum Gasteiger partial charge on any atom is 0.265 e. The highest BCUT2D eigenvalue weighted by Gasteiger charge is 2.16. The van der Waals surface area contributed by atoms with Crippen LogP contribution >= 0.6 is 0 Å². The first kappa shape index (κ1) is 17.8. The van der Waals surface area contributed by atoms with Crippen molar-refractivity contribution in [1.82, 2.24) is 0 Å². The summed E-state index contributed by atoms with van der Waals surface area (Å²) >= 11 is 0. The van der Waals surface area contributed by atoms with Crippen molar-refractivity contribution < 1.29 is 17.9 Å².